The minimum atomic E-state index is -0.400. The van der Waals surface area contributed by atoms with Crippen molar-refractivity contribution >= 4 is 12.4 Å². The number of nitrogens with one attached hydrogen (secondary N) is 1. The lowest BCUT2D eigenvalue weighted by Gasteiger charge is -2.14. The van der Waals surface area contributed by atoms with Crippen molar-refractivity contribution in [3.05, 3.63) is 59.7 Å². The van der Waals surface area contributed by atoms with Crippen LogP contribution in [0, 0.1) is 0 Å². The lowest BCUT2D eigenvalue weighted by molar-refractivity contribution is -0.107. The molecule has 0 spiro atoms. The second-order valence-corrected chi connectivity index (χ2v) is 5.91. The molecule has 0 saturated carbocycles. The molecule has 0 unspecified atom stereocenters. The fourth-order valence-electron chi connectivity index (χ4n) is 3.19. The Labute approximate surface area is 141 Å². The van der Waals surface area contributed by atoms with E-state index < -0.39 is 6.09 Å². The molecule has 1 amide bonds. The number of carbonyl (C=O) groups excluding carboxylic acids is 2. The van der Waals surface area contributed by atoms with E-state index in [1.807, 2.05) is 24.3 Å². The standard InChI is InChI=1S/C20H21NO3/c22-13-7-1-6-12-21-20(23)24-14-19-17-10-4-2-8-15(17)16-9-3-5-11-18(16)19/h2-5,8-11,13,19H,1,6-7,12,14H2,(H,21,23). The SMILES string of the molecule is O=CCCCCNC(=O)OCC1c2ccccc2-c2ccccc21. The quantitative estimate of drug-likeness (QED) is 0.621. The lowest BCUT2D eigenvalue weighted by atomic mass is 9.98. The summed E-state index contributed by atoms with van der Waals surface area (Å²) in [5.74, 6) is 0.0817. The summed E-state index contributed by atoms with van der Waals surface area (Å²) in [5.41, 5.74) is 4.85. The van der Waals surface area contributed by atoms with Crippen LogP contribution in [0.25, 0.3) is 11.1 Å². The highest BCUT2D eigenvalue weighted by atomic mass is 16.5. The van der Waals surface area contributed by atoms with Gasteiger partial charge in [-0.05, 0) is 35.1 Å². The molecule has 0 heterocycles. The zero-order valence-electron chi connectivity index (χ0n) is 13.5. The van der Waals surface area contributed by atoms with Crippen LogP contribution in [-0.4, -0.2) is 25.5 Å². The number of aldehydes is 1. The highest BCUT2D eigenvalue weighted by Crippen LogP contribution is 2.44. The van der Waals surface area contributed by atoms with E-state index in [9.17, 15) is 9.59 Å². The van der Waals surface area contributed by atoms with Crippen LogP contribution in [0.2, 0.25) is 0 Å². The molecule has 0 radical (unpaired) electrons. The Hall–Kier alpha value is -2.62. The molecule has 0 bridgehead atoms. The molecule has 1 N–H and O–H groups in total. The summed E-state index contributed by atoms with van der Waals surface area (Å²) in [4.78, 5) is 22.1. The molecule has 0 saturated heterocycles. The van der Waals surface area contributed by atoms with Gasteiger partial charge in [0, 0.05) is 18.9 Å². The van der Waals surface area contributed by atoms with Crippen LogP contribution in [0.15, 0.2) is 48.5 Å². The molecule has 0 atom stereocenters. The minimum Gasteiger partial charge on any atom is -0.449 e. The molecule has 2 aromatic carbocycles. The van der Waals surface area contributed by atoms with Gasteiger partial charge >= 0.3 is 6.09 Å². The van der Waals surface area contributed by atoms with E-state index in [4.69, 9.17) is 4.74 Å². The molecular formula is C20H21NO3. The number of benzene rings is 2. The number of carbonyl (C=O) groups is 2. The number of amides is 1. The molecule has 1 aliphatic rings. The van der Waals surface area contributed by atoms with Gasteiger partial charge in [0.15, 0.2) is 0 Å². The maximum absolute atomic E-state index is 11.9. The smallest absolute Gasteiger partial charge is 0.407 e. The molecule has 4 nitrogen and oxygen atoms in total. The van der Waals surface area contributed by atoms with Crippen molar-refractivity contribution < 1.29 is 14.3 Å². The third-order valence-corrected chi connectivity index (χ3v) is 4.36. The van der Waals surface area contributed by atoms with Crippen molar-refractivity contribution in [2.75, 3.05) is 13.2 Å². The normalized spacial score (nSPS) is 12.3. The van der Waals surface area contributed by atoms with Crippen LogP contribution < -0.4 is 5.32 Å². The van der Waals surface area contributed by atoms with Gasteiger partial charge in [-0.1, -0.05) is 48.5 Å². The van der Waals surface area contributed by atoms with Gasteiger partial charge in [0.25, 0.3) is 0 Å². The van der Waals surface area contributed by atoms with Gasteiger partial charge in [-0.15, -0.1) is 0 Å². The second-order valence-electron chi connectivity index (χ2n) is 5.91. The molecule has 0 aromatic heterocycles. The summed E-state index contributed by atoms with van der Waals surface area (Å²) in [6, 6.07) is 16.5. The van der Waals surface area contributed by atoms with Gasteiger partial charge < -0.3 is 14.8 Å². The summed E-state index contributed by atoms with van der Waals surface area (Å²) < 4.78 is 5.43. The summed E-state index contributed by atoms with van der Waals surface area (Å²) in [6.07, 6.45) is 2.60. The van der Waals surface area contributed by atoms with Crippen molar-refractivity contribution in [2.45, 2.75) is 25.2 Å². The zero-order chi connectivity index (χ0) is 16.8. The number of rotatable bonds is 7. The third kappa shape index (κ3) is 3.48. The Bertz CT molecular complexity index is 681. The second kappa shape index (κ2) is 7.77. The van der Waals surface area contributed by atoms with E-state index in [2.05, 4.69) is 29.6 Å². The molecule has 0 fully saturated rings. The van der Waals surface area contributed by atoms with E-state index in [1.165, 1.54) is 22.3 Å². The predicted octanol–water partition coefficient (Wildman–Crippen LogP) is 3.89. The van der Waals surface area contributed by atoms with Crippen LogP contribution >= 0.6 is 0 Å². The summed E-state index contributed by atoms with van der Waals surface area (Å²) in [7, 11) is 0. The number of unbranched alkanes of at least 4 members (excludes halogenated alkanes) is 2. The number of fused-ring (bicyclic) bond motifs is 3. The third-order valence-electron chi connectivity index (χ3n) is 4.36. The van der Waals surface area contributed by atoms with Gasteiger partial charge in [-0.3, -0.25) is 0 Å². The Kier molecular flexibility index (Phi) is 5.26. The largest absolute Gasteiger partial charge is 0.449 e. The first-order valence-electron chi connectivity index (χ1n) is 8.33. The number of ether oxygens (including phenoxy) is 1. The highest BCUT2D eigenvalue weighted by Gasteiger charge is 2.28. The molecule has 0 aliphatic heterocycles. The van der Waals surface area contributed by atoms with Gasteiger partial charge in [-0.25, -0.2) is 4.79 Å². The average Bonchev–Trinajstić information content (AvgIpc) is 2.94. The first-order valence-corrected chi connectivity index (χ1v) is 8.33. The van der Waals surface area contributed by atoms with Crippen molar-refractivity contribution in [3.8, 4) is 11.1 Å². The first-order chi connectivity index (χ1) is 11.8. The Balaban J connectivity index is 1.59. The number of hydrogen-bond acceptors (Lipinski definition) is 3. The summed E-state index contributed by atoms with van der Waals surface area (Å²) in [6.45, 7) is 0.860. The Morgan fingerprint density at radius 1 is 1.00 bits per heavy atom. The van der Waals surface area contributed by atoms with E-state index >= 15 is 0 Å². The van der Waals surface area contributed by atoms with Crippen LogP contribution in [0.4, 0.5) is 4.79 Å². The minimum absolute atomic E-state index is 0.0817. The topological polar surface area (TPSA) is 55.4 Å². The van der Waals surface area contributed by atoms with Crippen molar-refractivity contribution in [2.24, 2.45) is 0 Å². The van der Waals surface area contributed by atoms with Gasteiger partial charge in [0.05, 0.1) is 0 Å². The van der Waals surface area contributed by atoms with E-state index in [0.717, 1.165) is 19.1 Å². The van der Waals surface area contributed by atoms with Crippen molar-refractivity contribution in [1.82, 2.24) is 5.32 Å². The molecule has 2 aromatic rings. The van der Waals surface area contributed by atoms with Crippen LogP contribution in [0.1, 0.15) is 36.3 Å². The lowest BCUT2D eigenvalue weighted by Crippen LogP contribution is -2.27. The summed E-state index contributed by atoms with van der Waals surface area (Å²) >= 11 is 0. The Morgan fingerprint density at radius 3 is 2.25 bits per heavy atom. The zero-order valence-corrected chi connectivity index (χ0v) is 13.5. The average molecular weight is 323 g/mol. The van der Waals surface area contributed by atoms with Gasteiger partial charge in [0.2, 0.25) is 0 Å². The van der Waals surface area contributed by atoms with Crippen LogP contribution in [0.5, 0.6) is 0 Å². The van der Waals surface area contributed by atoms with E-state index in [1.54, 1.807) is 0 Å². The first kappa shape index (κ1) is 16.2. The molecule has 4 heteroatoms. The Morgan fingerprint density at radius 2 is 1.62 bits per heavy atom. The van der Waals surface area contributed by atoms with Crippen molar-refractivity contribution in [1.29, 1.82) is 0 Å². The molecule has 24 heavy (non-hydrogen) atoms. The number of alkyl carbamates (subject to hydrolysis) is 1. The maximum Gasteiger partial charge on any atom is 0.407 e. The molecule has 3 rings (SSSR count). The monoisotopic (exact) mass is 323 g/mol. The number of hydrogen-bond donors (Lipinski definition) is 1. The molecular weight excluding hydrogens is 302 g/mol. The van der Waals surface area contributed by atoms with Crippen molar-refractivity contribution in [3.63, 3.8) is 0 Å². The molecule has 1 aliphatic carbocycles. The maximum atomic E-state index is 11.9. The molecule has 124 valence electrons. The van der Waals surface area contributed by atoms with Crippen LogP contribution in [-0.2, 0) is 9.53 Å². The van der Waals surface area contributed by atoms with E-state index in [0.29, 0.717) is 19.6 Å². The van der Waals surface area contributed by atoms with Gasteiger partial charge in [-0.2, -0.15) is 0 Å². The predicted molar refractivity (Wildman–Crippen MR) is 93.0 cm³/mol. The fraction of sp³-hybridized carbons (Fsp3) is 0.300. The fourth-order valence-corrected chi connectivity index (χ4v) is 3.19. The summed E-state index contributed by atoms with van der Waals surface area (Å²) in [5, 5.41) is 2.74. The van der Waals surface area contributed by atoms with Gasteiger partial charge in [0.1, 0.15) is 12.9 Å². The van der Waals surface area contributed by atoms with E-state index in [-0.39, 0.29) is 5.92 Å². The highest BCUT2D eigenvalue weighted by molar-refractivity contribution is 5.79. The van der Waals surface area contributed by atoms with Crippen LogP contribution in [0.3, 0.4) is 0 Å².